The summed E-state index contributed by atoms with van der Waals surface area (Å²) in [5, 5.41) is 3.56. The normalized spacial score (nSPS) is 20.3. The molecule has 1 heteroatoms. The number of nitrogens with one attached hydrogen (secondary N) is 1. The van der Waals surface area contributed by atoms with E-state index in [2.05, 4.69) is 32.3 Å². The van der Waals surface area contributed by atoms with Crippen molar-refractivity contribution in [2.24, 2.45) is 5.92 Å². The van der Waals surface area contributed by atoms with Gasteiger partial charge in [-0.25, -0.2) is 0 Å². The molecule has 0 radical (unpaired) electrons. The van der Waals surface area contributed by atoms with Crippen LogP contribution in [-0.4, -0.2) is 13.1 Å². The maximum atomic E-state index is 3.56. The zero-order valence-electron chi connectivity index (χ0n) is 11.4. The first-order chi connectivity index (χ1) is 7.83. The zero-order chi connectivity index (χ0) is 11.8. The summed E-state index contributed by atoms with van der Waals surface area (Å²) < 4.78 is 0. The fourth-order valence-electron chi connectivity index (χ4n) is 2.94. The van der Waals surface area contributed by atoms with Gasteiger partial charge in [0.2, 0.25) is 0 Å². The first-order valence-corrected chi connectivity index (χ1v) is 7.19. The topological polar surface area (TPSA) is 12.0 Å². The maximum Gasteiger partial charge on any atom is 0.0304 e. The lowest BCUT2D eigenvalue weighted by atomic mass is 9.82. The highest BCUT2D eigenvalue weighted by atomic mass is 14.9. The summed E-state index contributed by atoms with van der Waals surface area (Å²) in [6.07, 6.45) is 13.3. The summed E-state index contributed by atoms with van der Waals surface area (Å²) in [5.41, 5.74) is 1.69. The Kier molecular flexibility index (Phi) is 6.79. The largest absolute Gasteiger partial charge is 0.313 e. The highest BCUT2D eigenvalue weighted by Crippen LogP contribution is 2.28. The molecule has 0 amide bonds. The second-order valence-corrected chi connectivity index (χ2v) is 5.10. The van der Waals surface area contributed by atoms with E-state index in [1.54, 1.807) is 5.57 Å². The predicted molar refractivity (Wildman–Crippen MR) is 72.7 cm³/mol. The summed E-state index contributed by atoms with van der Waals surface area (Å²) >= 11 is 0. The highest BCUT2D eigenvalue weighted by molar-refractivity contribution is 5.14. The van der Waals surface area contributed by atoms with Crippen molar-refractivity contribution in [1.29, 1.82) is 0 Å². The molecule has 16 heavy (non-hydrogen) atoms. The first-order valence-electron chi connectivity index (χ1n) is 7.19. The van der Waals surface area contributed by atoms with Gasteiger partial charge in [0.25, 0.3) is 0 Å². The minimum absolute atomic E-state index is 0.650. The lowest BCUT2D eigenvalue weighted by Crippen LogP contribution is -2.35. The zero-order valence-corrected chi connectivity index (χ0v) is 11.4. The molecule has 2 unspecified atom stereocenters. The van der Waals surface area contributed by atoms with Gasteiger partial charge in [0, 0.05) is 6.04 Å². The minimum atomic E-state index is 0.650. The standard InChI is InChI=1S/C15H29N/c1-4-6-10-13(5-2)15(16-3)14-11-8-7-9-12-14/h11,13,15-16H,4-10,12H2,1-3H3. The Balaban J connectivity index is 2.58. The van der Waals surface area contributed by atoms with Crippen LogP contribution < -0.4 is 5.32 Å². The van der Waals surface area contributed by atoms with Crippen molar-refractivity contribution < 1.29 is 0 Å². The van der Waals surface area contributed by atoms with Gasteiger partial charge in [-0.05, 0) is 45.1 Å². The van der Waals surface area contributed by atoms with Crippen LogP contribution in [0.4, 0.5) is 0 Å². The molecule has 1 rings (SSSR count). The molecule has 1 aliphatic carbocycles. The molecule has 94 valence electrons. The van der Waals surface area contributed by atoms with E-state index in [-0.39, 0.29) is 0 Å². The van der Waals surface area contributed by atoms with Crippen LogP contribution in [0.1, 0.15) is 65.2 Å². The fraction of sp³-hybridized carbons (Fsp3) is 0.867. The molecule has 0 fully saturated rings. The van der Waals surface area contributed by atoms with Crippen LogP contribution in [0.25, 0.3) is 0 Å². The Labute approximate surface area is 102 Å². The van der Waals surface area contributed by atoms with E-state index in [9.17, 15) is 0 Å². The van der Waals surface area contributed by atoms with E-state index in [0.29, 0.717) is 6.04 Å². The Hall–Kier alpha value is -0.300. The molecule has 0 aliphatic heterocycles. The number of rotatable bonds is 7. The summed E-state index contributed by atoms with van der Waals surface area (Å²) in [6.45, 7) is 4.63. The van der Waals surface area contributed by atoms with Crippen LogP contribution in [-0.2, 0) is 0 Å². The second-order valence-electron chi connectivity index (χ2n) is 5.10. The predicted octanol–water partition coefficient (Wildman–Crippen LogP) is 4.29. The van der Waals surface area contributed by atoms with Gasteiger partial charge in [-0.15, -0.1) is 0 Å². The quantitative estimate of drug-likeness (QED) is 0.635. The van der Waals surface area contributed by atoms with Crippen LogP contribution in [0.15, 0.2) is 11.6 Å². The molecule has 0 heterocycles. The monoisotopic (exact) mass is 223 g/mol. The Morgan fingerprint density at radius 3 is 2.62 bits per heavy atom. The third-order valence-corrected chi connectivity index (χ3v) is 3.96. The van der Waals surface area contributed by atoms with E-state index in [4.69, 9.17) is 0 Å². The van der Waals surface area contributed by atoms with E-state index in [0.717, 1.165) is 5.92 Å². The van der Waals surface area contributed by atoms with Crippen LogP contribution in [0.3, 0.4) is 0 Å². The van der Waals surface area contributed by atoms with Crippen LogP contribution in [0.5, 0.6) is 0 Å². The van der Waals surface area contributed by atoms with Crippen molar-refractivity contribution in [3.63, 3.8) is 0 Å². The van der Waals surface area contributed by atoms with Gasteiger partial charge >= 0.3 is 0 Å². The Morgan fingerprint density at radius 1 is 1.31 bits per heavy atom. The van der Waals surface area contributed by atoms with Crippen LogP contribution in [0, 0.1) is 5.92 Å². The Bertz CT molecular complexity index is 207. The van der Waals surface area contributed by atoms with Crippen molar-refractivity contribution in [1.82, 2.24) is 5.32 Å². The fourth-order valence-corrected chi connectivity index (χ4v) is 2.94. The van der Waals surface area contributed by atoms with Crippen molar-refractivity contribution >= 4 is 0 Å². The molecule has 1 N–H and O–H groups in total. The lowest BCUT2D eigenvalue weighted by Gasteiger charge is -2.30. The summed E-state index contributed by atoms with van der Waals surface area (Å²) in [6, 6.07) is 0.650. The molecule has 2 atom stereocenters. The van der Waals surface area contributed by atoms with E-state index < -0.39 is 0 Å². The molecular formula is C15H29N. The van der Waals surface area contributed by atoms with E-state index >= 15 is 0 Å². The number of likely N-dealkylation sites (N-methyl/N-ethyl adjacent to an activating group) is 1. The average Bonchev–Trinajstić information content (AvgIpc) is 2.35. The summed E-state index contributed by atoms with van der Waals surface area (Å²) in [5.74, 6) is 0.842. The van der Waals surface area contributed by atoms with Crippen molar-refractivity contribution in [3.05, 3.63) is 11.6 Å². The highest BCUT2D eigenvalue weighted by Gasteiger charge is 2.22. The summed E-state index contributed by atoms with van der Waals surface area (Å²) in [4.78, 5) is 0. The molecule has 0 saturated carbocycles. The third-order valence-electron chi connectivity index (χ3n) is 3.96. The molecule has 0 aromatic rings. The van der Waals surface area contributed by atoms with Crippen molar-refractivity contribution in [2.45, 2.75) is 71.3 Å². The third kappa shape index (κ3) is 3.93. The Morgan fingerprint density at radius 2 is 2.12 bits per heavy atom. The minimum Gasteiger partial charge on any atom is -0.313 e. The van der Waals surface area contributed by atoms with Gasteiger partial charge in [-0.2, -0.15) is 0 Å². The van der Waals surface area contributed by atoms with Gasteiger partial charge in [0.15, 0.2) is 0 Å². The van der Waals surface area contributed by atoms with Gasteiger partial charge in [-0.3, -0.25) is 0 Å². The van der Waals surface area contributed by atoms with E-state index in [1.807, 2.05) is 0 Å². The SMILES string of the molecule is CCCCC(CC)C(NC)C1=CCCCC1. The van der Waals surface area contributed by atoms with Gasteiger partial charge in [0.05, 0.1) is 0 Å². The molecule has 0 spiro atoms. The van der Waals surface area contributed by atoms with Crippen LogP contribution in [0.2, 0.25) is 0 Å². The number of unbranched alkanes of at least 4 members (excludes halogenated alkanes) is 1. The van der Waals surface area contributed by atoms with Crippen LogP contribution >= 0.6 is 0 Å². The van der Waals surface area contributed by atoms with Crippen molar-refractivity contribution in [2.75, 3.05) is 7.05 Å². The number of hydrogen-bond donors (Lipinski definition) is 1. The van der Waals surface area contributed by atoms with Crippen molar-refractivity contribution in [3.8, 4) is 0 Å². The average molecular weight is 223 g/mol. The molecule has 1 nitrogen and oxygen atoms in total. The molecule has 0 bridgehead atoms. The number of allylic oxidation sites excluding steroid dienone is 1. The first kappa shape index (κ1) is 13.8. The van der Waals surface area contributed by atoms with Gasteiger partial charge in [-0.1, -0.05) is 44.8 Å². The molecule has 1 aliphatic rings. The second kappa shape index (κ2) is 7.89. The molecule has 0 aromatic heterocycles. The molecular weight excluding hydrogens is 194 g/mol. The number of hydrogen-bond acceptors (Lipinski definition) is 1. The summed E-state index contributed by atoms with van der Waals surface area (Å²) in [7, 11) is 2.13. The van der Waals surface area contributed by atoms with Gasteiger partial charge in [0.1, 0.15) is 0 Å². The molecule has 0 aromatic carbocycles. The smallest absolute Gasteiger partial charge is 0.0304 e. The molecule has 0 saturated heterocycles. The maximum absolute atomic E-state index is 3.56. The van der Waals surface area contributed by atoms with E-state index in [1.165, 1.54) is 51.4 Å². The van der Waals surface area contributed by atoms with Gasteiger partial charge < -0.3 is 5.32 Å². The lowest BCUT2D eigenvalue weighted by molar-refractivity contribution is 0.354.